The van der Waals surface area contributed by atoms with Gasteiger partial charge in [0, 0.05) is 13.6 Å². The Balaban J connectivity index is 2.67. The van der Waals surface area contributed by atoms with Gasteiger partial charge in [-0.05, 0) is 37.0 Å². The van der Waals surface area contributed by atoms with Crippen molar-refractivity contribution in [2.45, 2.75) is 19.0 Å². The lowest BCUT2D eigenvalue weighted by Crippen LogP contribution is -2.10. The summed E-state index contributed by atoms with van der Waals surface area (Å²) in [6, 6.07) is 2.04. The number of alkyl halides is 3. The molecule has 0 aromatic carbocycles. The van der Waals surface area contributed by atoms with E-state index in [2.05, 4.69) is 15.6 Å². The van der Waals surface area contributed by atoms with Gasteiger partial charge < -0.3 is 10.6 Å². The predicted molar refractivity (Wildman–Crippen MR) is 74.9 cm³/mol. The lowest BCUT2D eigenvalue weighted by molar-refractivity contribution is -0.137. The first-order valence-electron chi connectivity index (χ1n) is 5.97. The number of pyridine rings is 1. The first-order valence-corrected chi connectivity index (χ1v) is 7.36. The summed E-state index contributed by atoms with van der Waals surface area (Å²) < 4.78 is 38.1. The zero-order chi connectivity index (χ0) is 14.3. The summed E-state index contributed by atoms with van der Waals surface area (Å²) in [7, 11) is 1.55. The Morgan fingerprint density at radius 2 is 1.89 bits per heavy atom. The molecular weight excluding hydrogens is 275 g/mol. The van der Waals surface area contributed by atoms with Crippen LogP contribution in [0.3, 0.4) is 0 Å². The van der Waals surface area contributed by atoms with Crippen molar-refractivity contribution in [1.82, 2.24) is 4.98 Å². The molecular formula is C12H18F3N3S. The number of hydrogen-bond acceptors (Lipinski definition) is 4. The molecule has 7 heteroatoms. The van der Waals surface area contributed by atoms with Gasteiger partial charge in [-0.2, -0.15) is 24.9 Å². The third-order valence-electron chi connectivity index (χ3n) is 2.49. The molecule has 1 aromatic rings. The van der Waals surface area contributed by atoms with Crippen LogP contribution in [0.2, 0.25) is 0 Å². The molecule has 2 N–H and O–H groups in total. The minimum absolute atomic E-state index is 0.210. The Kier molecular flexibility index (Phi) is 6.27. The van der Waals surface area contributed by atoms with Gasteiger partial charge in [0.1, 0.15) is 11.6 Å². The SMILES string of the molecule is CNc1cc(C(F)(F)F)cc(NCCCCSC)n1. The molecule has 1 rings (SSSR count). The predicted octanol–water partition coefficient (Wildman–Crippen LogP) is 3.70. The largest absolute Gasteiger partial charge is 0.416 e. The fraction of sp³-hybridized carbons (Fsp3) is 0.583. The van der Waals surface area contributed by atoms with E-state index in [0.29, 0.717) is 6.54 Å². The molecule has 0 saturated carbocycles. The summed E-state index contributed by atoms with van der Waals surface area (Å²) in [6.07, 6.45) is -0.384. The topological polar surface area (TPSA) is 37.0 Å². The van der Waals surface area contributed by atoms with Crippen molar-refractivity contribution >= 4 is 23.4 Å². The Labute approximate surface area is 115 Å². The standard InChI is InChI=1S/C12H18F3N3S/c1-16-10-7-9(12(13,14)15)8-11(18-10)17-5-3-4-6-19-2/h7-8H,3-6H2,1-2H3,(H2,16,17,18). The van der Waals surface area contributed by atoms with Gasteiger partial charge in [0.05, 0.1) is 5.56 Å². The van der Waals surface area contributed by atoms with E-state index in [0.717, 1.165) is 30.7 Å². The minimum atomic E-state index is -4.36. The highest BCUT2D eigenvalue weighted by Gasteiger charge is 2.31. The highest BCUT2D eigenvalue weighted by atomic mass is 32.2. The Bertz CT molecular complexity index is 396. The van der Waals surface area contributed by atoms with Crippen molar-refractivity contribution in [3.63, 3.8) is 0 Å². The zero-order valence-corrected chi connectivity index (χ0v) is 11.8. The molecule has 0 fully saturated rings. The monoisotopic (exact) mass is 293 g/mol. The second-order valence-corrected chi connectivity index (χ2v) is 4.99. The molecule has 0 aliphatic rings. The second-order valence-electron chi connectivity index (χ2n) is 4.00. The van der Waals surface area contributed by atoms with Crippen molar-refractivity contribution in [2.24, 2.45) is 0 Å². The van der Waals surface area contributed by atoms with Gasteiger partial charge in [-0.3, -0.25) is 0 Å². The van der Waals surface area contributed by atoms with E-state index < -0.39 is 11.7 Å². The number of anilines is 2. The lowest BCUT2D eigenvalue weighted by Gasteiger charge is -2.12. The van der Waals surface area contributed by atoms with Crippen molar-refractivity contribution in [1.29, 1.82) is 0 Å². The van der Waals surface area contributed by atoms with E-state index in [9.17, 15) is 13.2 Å². The first-order chi connectivity index (χ1) is 8.97. The zero-order valence-electron chi connectivity index (χ0n) is 11.0. The molecule has 3 nitrogen and oxygen atoms in total. The van der Waals surface area contributed by atoms with Crippen LogP contribution in [0.25, 0.3) is 0 Å². The second kappa shape index (κ2) is 7.47. The van der Waals surface area contributed by atoms with Crippen LogP contribution in [0.4, 0.5) is 24.8 Å². The quantitative estimate of drug-likeness (QED) is 0.752. The van der Waals surface area contributed by atoms with E-state index in [1.54, 1.807) is 18.8 Å². The van der Waals surface area contributed by atoms with E-state index in [1.165, 1.54) is 0 Å². The number of hydrogen-bond donors (Lipinski definition) is 2. The summed E-state index contributed by atoms with van der Waals surface area (Å²) in [5.74, 6) is 1.52. The molecule has 0 unspecified atom stereocenters. The molecule has 0 amide bonds. The minimum Gasteiger partial charge on any atom is -0.373 e. The first kappa shape index (κ1) is 15.9. The summed E-state index contributed by atoms with van der Waals surface area (Å²) in [5.41, 5.74) is -0.696. The fourth-order valence-corrected chi connectivity index (χ4v) is 1.99. The van der Waals surface area contributed by atoms with Gasteiger partial charge in [-0.25, -0.2) is 4.98 Å². The van der Waals surface area contributed by atoms with Crippen molar-refractivity contribution in [3.05, 3.63) is 17.7 Å². The van der Waals surface area contributed by atoms with Crippen molar-refractivity contribution < 1.29 is 13.2 Å². The van der Waals surface area contributed by atoms with Crippen LogP contribution in [0.15, 0.2) is 12.1 Å². The van der Waals surface area contributed by atoms with Crippen LogP contribution in [0.5, 0.6) is 0 Å². The highest BCUT2D eigenvalue weighted by Crippen LogP contribution is 2.31. The smallest absolute Gasteiger partial charge is 0.373 e. The van der Waals surface area contributed by atoms with E-state index in [-0.39, 0.29) is 11.6 Å². The van der Waals surface area contributed by atoms with Gasteiger partial charge in [-0.1, -0.05) is 0 Å². The maximum atomic E-state index is 12.7. The highest BCUT2D eigenvalue weighted by molar-refractivity contribution is 7.98. The normalized spacial score (nSPS) is 11.4. The van der Waals surface area contributed by atoms with Gasteiger partial charge in [0.25, 0.3) is 0 Å². The summed E-state index contributed by atoms with van der Waals surface area (Å²) in [5, 5.41) is 5.57. The summed E-state index contributed by atoms with van der Waals surface area (Å²) in [4.78, 5) is 4.06. The van der Waals surface area contributed by atoms with Crippen LogP contribution >= 0.6 is 11.8 Å². The van der Waals surface area contributed by atoms with Crippen molar-refractivity contribution in [2.75, 3.05) is 36.2 Å². The third-order valence-corrected chi connectivity index (χ3v) is 3.19. The average Bonchev–Trinajstić information content (AvgIpc) is 2.37. The molecule has 0 spiro atoms. The molecule has 108 valence electrons. The van der Waals surface area contributed by atoms with Gasteiger partial charge in [0.2, 0.25) is 0 Å². The van der Waals surface area contributed by atoms with E-state index in [1.807, 2.05) is 6.26 Å². The maximum absolute atomic E-state index is 12.7. The van der Waals surface area contributed by atoms with Crippen LogP contribution < -0.4 is 10.6 Å². The van der Waals surface area contributed by atoms with Gasteiger partial charge in [-0.15, -0.1) is 0 Å². The molecule has 0 saturated heterocycles. The van der Waals surface area contributed by atoms with Gasteiger partial charge in [0.15, 0.2) is 0 Å². The van der Waals surface area contributed by atoms with Crippen LogP contribution in [0, 0.1) is 0 Å². The Morgan fingerprint density at radius 3 is 2.47 bits per heavy atom. The molecule has 1 heterocycles. The molecule has 0 atom stereocenters. The Hall–Kier alpha value is -1.11. The number of nitrogens with zero attached hydrogens (tertiary/aromatic N) is 1. The molecule has 0 bridgehead atoms. The average molecular weight is 293 g/mol. The van der Waals surface area contributed by atoms with Crippen LogP contribution in [-0.4, -0.2) is 30.6 Å². The number of thioether (sulfide) groups is 1. The lowest BCUT2D eigenvalue weighted by atomic mass is 10.2. The van der Waals surface area contributed by atoms with E-state index in [4.69, 9.17) is 0 Å². The Morgan fingerprint density at radius 1 is 1.21 bits per heavy atom. The van der Waals surface area contributed by atoms with Crippen LogP contribution in [-0.2, 0) is 6.18 Å². The summed E-state index contributed by atoms with van der Waals surface area (Å²) in [6.45, 7) is 0.623. The molecule has 0 aliphatic heterocycles. The third kappa shape index (κ3) is 5.59. The summed E-state index contributed by atoms with van der Waals surface area (Å²) >= 11 is 1.76. The number of nitrogens with one attached hydrogen (secondary N) is 2. The number of aromatic nitrogens is 1. The maximum Gasteiger partial charge on any atom is 0.416 e. The van der Waals surface area contributed by atoms with Crippen LogP contribution in [0.1, 0.15) is 18.4 Å². The number of unbranched alkanes of at least 4 members (excludes halogenated alkanes) is 1. The number of halogens is 3. The van der Waals surface area contributed by atoms with Crippen molar-refractivity contribution in [3.8, 4) is 0 Å². The van der Waals surface area contributed by atoms with Gasteiger partial charge >= 0.3 is 6.18 Å². The molecule has 19 heavy (non-hydrogen) atoms. The molecule has 1 aromatic heterocycles. The van der Waals surface area contributed by atoms with E-state index >= 15 is 0 Å². The molecule has 0 radical (unpaired) electrons. The fourth-order valence-electron chi connectivity index (χ4n) is 1.50. The number of rotatable bonds is 7. The molecule has 0 aliphatic carbocycles.